The number of carbonyl (C=O) groups excluding carboxylic acids is 5. The molecule has 0 radical (unpaired) electrons. The highest BCUT2D eigenvalue weighted by Gasteiger charge is 2.28. The highest BCUT2D eigenvalue weighted by Crippen LogP contribution is 2.41. The number of aromatic amines is 2. The van der Waals surface area contributed by atoms with Crippen LogP contribution in [-0.2, 0) is 20.6 Å². The number of hydrogen-bond acceptors (Lipinski definition) is 19. The Morgan fingerprint density at radius 2 is 0.694 bits per heavy atom. The van der Waals surface area contributed by atoms with Crippen LogP contribution in [0, 0.1) is 6.92 Å². The Kier molecular flexibility index (Phi) is 25.5. The summed E-state index contributed by atoms with van der Waals surface area (Å²) in [6, 6.07) is 7.88. The zero-order valence-corrected chi connectivity index (χ0v) is 65.5. The predicted octanol–water partition coefficient (Wildman–Crippen LogP) is 11.1. The molecule has 0 atom stereocenters. The average Bonchev–Trinajstić information content (AvgIpc) is 0.756. The lowest BCUT2D eigenvalue weighted by Crippen LogP contribution is -2.42. The number of fused-ring (bicyclic) bond motifs is 5. The van der Waals surface area contributed by atoms with E-state index in [-0.39, 0.29) is 91.7 Å². The number of aromatic nitrogens is 5. The molecule has 0 saturated heterocycles. The quantitative estimate of drug-likeness (QED) is 0.0688. The van der Waals surface area contributed by atoms with Crippen molar-refractivity contribution in [2.24, 2.45) is 14.1 Å². The van der Waals surface area contributed by atoms with Gasteiger partial charge in [-0.25, -0.2) is 0 Å². The second-order valence-electron chi connectivity index (χ2n) is 30.2. The van der Waals surface area contributed by atoms with Gasteiger partial charge in [0.05, 0.1) is 69.6 Å². The second-order valence-corrected chi connectivity index (χ2v) is 31.7. The van der Waals surface area contributed by atoms with E-state index in [1.54, 1.807) is 119 Å². The van der Waals surface area contributed by atoms with Gasteiger partial charge in [0, 0.05) is 97.5 Å². The molecule has 0 bridgehead atoms. The first-order valence-corrected chi connectivity index (χ1v) is 34.4. The van der Waals surface area contributed by atoms with E-state index in [2.05, 4.69) is 36.6 Å². The molecule has 5 heterocycles. The third-order valence-corrected chi connectivity index (χ3v) is 16.8. The molecule has 5 amide bonds. The summed E-state index contributed by atoms with van der Waals surface area (Å²) in [6.07, 6.45) is 6.81. The molecule has 0 fully saturated rings. The SMILES string of the molecule is CC(C)(C)NC(=O)c1c[nH]c2c(Cl)c(O)c(O)cc2c1=O.CC(C)(C)NC(=O)c1c[nH]c2cc(O)c(O)c(Cl)c2c1=O.CCn1cc(C(=O)NC(C)(C)C)c(=O)c2c(Cl)c(O)c(O)cc21.Cc1cc2c(cc1O)c(=O)c(C(=O)NC(C)(C)C)cn2C.Cn1cc(C(=O)NC(C)(C)C)c(=O)c2c(Cl)c(O)c(O)cc21. The maximum Gasteiger partial charge on any atom is 0.257 e. The molecule has 5 aromatic carbocycles. The number of phenolic OH excluding ortho intramolecular Hbond substituents is 9. The van der Waals surface area contributed by atoms with Crippen molar-refractivity contribution in [3.63, 3.8) is 0 Å². The fourth-order valence-corrected chi connectivity index (χ4v) is 11.5. The lowest BCUT2D eigenvalue weighted by molar-refractivity contribution is 0.0908. The molecule has 0 aliphatic carbocycles. The highest BCUT2D eigenvalue weighted by atomic mass is 35.5. The van der Waals surface area contributed by atoms with Crippen LogP contribution in [-0.4, -0.2) is 127 Å². The zero-order valence-electron chi connectivity index (χ0n) is 62.5. The zero-order chi connectivity index (χ0) is 82.2. The Labute approximate surface area is 636 Å². The van der Waals surface area contributed by atoms with Gasteiger partial charge in [0.2, 0.25) is 27.1 Å². The molecule has 0 spiro atoms. The molecule has 5 aromatic heterocycles. The summed E-state index contributed by atoms with van der Waals surface area (Å²) in [5.41, 5.74) is -3.07. The van der Waals surface area contributed by atoms with E-state index in [0.29, 0.717) is 34.0 Å². The van der Waals surface area contributed by atoms with Crippen LogP contribution in [0.2, 0.25) is 20.1 Å². The molecule has 0 saturated carbocycles. The van der Waals surface area contributed by atoms with Crippen LogP contribution in [0.5, 0.6) is 51.7 Å². The average molecular weight is 1570 g/mol. The van der Waals surface area contributed by atoms with Gasteiger partial charge in [0.15, 0.2) is 46.0 Å². The molecule has 10 aromatic rings. The number of benzene rings is 5. The first kappa shape index (κ1) is 85.8. The van der Waals surface area contributed by atoms with Crippen molar-refractivity contribution in [2.45, 2.75) is 152 Å². The van der Waals surface area contributed by atoms with E-state index in [0.717, 1.165) is 6.07 Å². The summed E-state index contributed by atoms with van der Waals surface area (Å²) in [4.78, 5) is 129. The van der Waals surface area contributed by atoms with Crippen LogP contribution in [0.4, 0.5) is 0 Å². The standard InChI is InChI=1S/C16H19ClN2O4.C16H20N2O3.C15H17ClN2O4.2C14H15ClN2O4/c1-5-19-7-8(15(23)18-16(2,3)4)13(21)11-9(19)6-10(20)14(22)12(11)17;1-9-6-12-10(7-13(9)19)14(20)11(8-18(12)5)15(21)17-16(2,3)4;1-15(2,3)17-14(22)7-6-18(4)8-5-9(19)13(21)11(16)10(8)12(7)20;1-14(2,3)17-13(21)6-5-16-7-4-8(18)12(20)10(15)9(7)11(6)19;1-14(2,3)17-13(21)7-5-16-10-6(11(7)19)4-8(18)12(20)9(10)15/h6-7,20,22H,5H2,1-4H3,(H,18,23);6-8,19H,1-5H3,(H,17,21);5-6,19,21H,1-4H3,(H,17,22);2*4-5,18,20H,1-3H3,(H,16,19)(H,17,21). The molecule has 578 valence electrons. The van der Waals surface area contributed by atoms with Crippen LogP contribution >= 0.6 is 46.4 Å². The Balaban J connectivity index is 0.000000211. The van der Waals surface area contributed by atoms with E-state index in [9.17, 15) is 93.9 Å². The summed E-state index contributed by atoms with van der Waals surface area (Å²) < 4.78 is 4.85. The van der Waals surface area contributed by atoms with Crippen molar-refractivity contribution in [1.82, 2.24) is 50.3 Å². The predicted molar refractivity (Wildman–Crippen MR) is 417 cm³/mol. The number of aryl methyl sites for hydroxylation is 4. The number of pyridine rings is 5. The van der Waals surface area contributed by atoms with Crippen LogP contribution < -0.4 is 53.7 Å². The normalized spacial score (nSPS) is 11.7. The van der Waals surface area contributed by atoms with Gasteiger partial charge >= 0.3 is 0 Å². The number of nitrogens with one attached hydrogen (secondary N) is 7. The fourth-order valence-electron chi connectivity index (χ4n) is 10.4. The van der Waals surface area contributed by atoms with Gasteiger partial charge in [0.1, 0.15) is 38.6 Å². The lowest BCUT2D eigenvalue weighted by atomic mass is 10.1. The third kappa shape index (κ3) is 19.7. The minimum atomic E-state index is -0.620. The molecule has 29 nitrogen and oxygen atoms in total. The van der Waals surface area contributed by atoms with Crippen molar-refractivity contribution in [2.75, 3.05) is 0 Å². The number of aromatic hydroxyl groups is 9. The Bertz CT molecular complexity index is 5630. The lowest BCUT2D eigenvalue weighted by Gasteiger charge is -2.21. The largest absolute Gasteiger partial charge is 0.508 e. The van der Waals surface area contributed by atoms with Crippen molar-refractivity contribution in [3.8, 4) is 51.7 Å². The number of rotatable bonds is 6. The van der Waals surface area contributed by atoms with Crippen molar-refractivity contribution in [1.29, 1.82) is 0 Å². The summed E-state index contributed by atoms with van der Waals surface area (Å²) >= 11 is 23.7. The van der Waals surface area contributed by atoms with Crippen molar-refractivity contribution >= 4 is 130 Å². The number of hydrogen-bond donors (Lipinski definition) is 16. The Morgan fingerprint density at radius 3 is 1.13 bits per heavy atom. The van der Waals surface area contributed by atoms with Gasteiger partial charge in [-0.2, -0.15) is 0 Å². The summed E-state index contributed by atoms with van der Waals surface area (Å²) in [7, 11) is 3.38. The van der Waals surface area contributed by atoms with E-state index >= 15 is 0 Å². The fraction of sp³-hybridized carbons (Fsp3) is 0.333. The van der Waals surface area contributed by atoms with Crippen LogP contribution in [0.15, 0.2) is 91.4 Å². The minimum absolute atomic E-state index is 0.00498. The third-order valence-electron chi connectivity index (χ3n) is 15.3. The van der Waals surface area contributed by atoms with E-state index in [1.165, 1.54) is 59.8 Å². The summed E-state index contributed by atoms with van der Waals surface area (Å²) in [5.74, 6) is -6.59. The highest BCUT2D eigenvalue weighted by molar-refractivity contribution is 6.39. The van der Waals surface area contributed by atoms with Crippen molar-refractivity contribution < 1.29 is 69.9 Å². The monoisotopic (exact) mass is 1570 g/mol. The number of carbonyl (C=O) groups is 5. The maximum atomic E-state index is 12.7. The number of phenols is 9. The van der Waals surface area contributed by atoms with Gasteiger partial charge in [-0.05, 0) is 141 Å². The van der Waals surface area contributed by atoms with Gasteiger partial charge in [0.25, 0.3) is 29.5 Å². The summed E-state index contributed by atoms with van der Waals surface area (Å²) in [6.45, 7) is 31.2. The van der Waals surface area contributed by atoms with Gasteiger partial charge in [-0.1, -0.05) is 46.4 Å². The van der Waals surface area contributed by atoms with Gasteiger partial charge < -0.3 is 96.2 Å². The molecular formula is C75H86Cl4N10O19. The Morgan fingerprint density at radius 1 is 0.380 bits per heavy atom. The van der Waals surface area contributed by atoms with Crippen LogP contribution in [0.1, 0.15) is 168 Å². The smallest absolute Gasteiger partial charge is 0.257 e. The first-order chi connectivity index (χ1) is 49.4. The molecule has 16 N–H and O–H groups in total. The van der Waals surface area contributed by atoms with Gasteiger partial charge in [-0.3, -0.25) is 47.9 Å². The molecule has 0 aliphatic heterocycles. The van der Waals surface area contributed by atoms with E-state index in [1.807, 2.05) is 27.7 Å². The van der Waals surface area contributed by atoms with Crippen LogP contribution in [0.3, 0.4) is 0 Å². The van der Waals surface area contributed by atoms with E-state index < -0.39 is 125 Å². The number of nitrogens with zero attached hydrogens (tertiary/aromatic N) is 3. The molecule has 33 heteroatoms. The molecule has 108 heavy (non-hydrogen) atoms. The number of H-pyrrole nitrogens is 2. The van der Waals surface area contributed by atoms with E-state index in [4.69, 9.17) is 46.4 Å². The number of amides is 5. The van der Waals surface area contributed by atoms with Crippen LogP contribution in [0.25, 0.3) is 54.5 Å². The molecular weight excluding hydrogens is 1490 g/mol. The second kappa shape index (κ2) is 32.1. The Hall–Kier alpha value is -11.1. The number of halogens is 4. The molecule has 0 aliphatic rings. The maximum absolute atomic E-state index is 12.7. The minimum Gasteiger partial charge on any atom is -0.508 e. The topological polar surface area (TPSA) is 459 Å². The summed E-state index contributed by atoms with van der Waals surface area (Å²) in [5, 5.41) is 99.7. The molecule has 0 unspecified atom stereocenters. The van der Waals surface area contributed by atoms with Crippen molar-refractivity contribution in [3.05, 3.63) is 172 Å². The molecule has 10 rings (SSSR count). The van der Waals surface area contributed by atoms with Gasteiger partial charge in [-0.15, -0.1) is 0 Å². The first-order valence-electron chi connectivity index (χ1n) is 32.9.